The molecule has 0 spiro atoms. The number of ether oxygens (including phenoxy) is 4. The number of rotatable bonds is 17. The van der Waals surface area contributed by atoms with Crippen molar-refractivity contribution in [3.05, 3.63) is 59.2 Å². The van der Waals surface area contributed by atoms with Gasteiger partial charge in [-0.1, -0.05) is 121 Å². The average molecular weight is 683 g/mol. The van der Waals surface area contributed by atoms with Crippen LogP contribution in [-0.4, -0.2) is 31.7 Å². The molecule has 1 unspecified atom stereocenters. The van der Waals surface area contributed by atoms with Gasteiger partial charge in [0.1, 0.15) is 0 Å². The van der Waals surface area contributed by atoms with Gasteiger partial charge in [0.2, 0.25) is 0 Å². The zero-order valence-electron chi connectivity index (χ0n) is 30.9. The number of hydrogen-bond donors (Lipinski definition) is 0. The molecule has 3 fully saturated rings. The van der Waals surface area contributed by atoms with Gasteiger partial charge in [0.05, 0.1) is 25.4 Å². The fourth-order valence-electron chi connectivity index (χ4n) is 8.28. The molecule has 0 amide bonds. The Labute approximate surface area is 296 Å². The maximum Gasteiger partial charge on any atom is 0.187 e. The molecule has 2 heterocycles. The van der Waals surface area contributed by atoms with E-state index in [4.69, 9.17) is 18.9 Å². The summed E-state index contributed by atoms with van der Waals surface area (Å²) in [5.74, 6) is -0.0519. The highest BCUT2D eigenvalue weighted by molar-refractivity contribution is 5.65. The van der Waals surface area contributed by atoms with Crippen LogP contribution in [0.2, 0.25) is 0 Å². The standard InChI is InChI=1S/C43H64F2O4/c1-5-7-9-11-13-15-17-36-28-46-42(48-30(36)3)35-24-20-33(21-25-35)32-18-22-34(23-19-32)38-26-27-39(41(45)40(38)44)43-47-29-37(31(4)49-43)16-14-12-10-8-6-2/h18-19,22-23,26-27,30-31,33,35-37,42-43H,5-17,20-21,24-25,28-29H2,1-4H3/t30-,31?,33?,35?,36+,37+,42+,43+/m0/s1. The van der Waals surface area contributed by atoms with Crippen molar-refractivity contribution in [1.82, 2.24) is 0 Å². The summed E-state index contributed by atoms with van der Waals surface area (Å²) in [7, 11) is 0. The Hall–Kier alpha value is -1.86. The van der Waals surface area contributed by atoms with E-state index in [9.17, 15) is 0 Å². The predicted molar refractivity (Wildman–Crippen MR) is 194 cm³/mol. The van der Waals surface area contributed by atoms with E-state index in [2.05, 4.69) is 32.9 Å². The minimum atomic E-state index is -0.884. The third kappa shape index (κ3) is 10.6. The second kappa shape index (κ2) is 19.7. The predicted octanol–water partition coefficient (Wildman–Crippen LogP) is 12.4. The summed E-state index contributed by atoms with van der Waals surface area (Å²) >= 11 is 0. The van der Waals surface area contributed by atoms with Gasteiger partial charge in [0.15, 0.2) is 24.2 Å². The van der Waals surface area contributed by atoms with Crippen LogP contribution >= 0.6 is 0 Å². The van der Waals surface area contributed by atoms with Gasteiger partial charge in [0.25, 0.3) is 0 Å². The SMILES string of the molecule is CCCCCCCC[C@@H]1CO[C@@H](C2CCC(c3ccc(-c4ccc([C@@H]5OC[C@@H](CCCCCCC)C(C)O5)c(F)c4F)cc3)CC2)O[C@H]1C. The van der Waals surface area contributed by atoms with E-state index in [1.165, 1.54) is 76.2 Å². The molecular formula is C43H64F2O4. The van der Waals surface area contributed by atoms with E-state index in [-0.39, 0.29) is 35.5 Å². The van der Waals surface area contributed by atoms with Gasteiger partial charge in [-0.2, -0.15) is 0 Å². The van der Waals surface area contributed by atoms with E-state index < -0.39 is 17.9 Å². The quantitative estimate of drug-likeness (QED) is 0.156. The number of hydrogen-bond acceptors (Lipinski definition) is 4. The van der Waals surface area contributed by atoms with Gasteiger partial charge in [-0.3, -0.25) is 0 Å². The molecule has 5 rings (SSSR count). The molecule has 1 aliphatic carbocycles. The Kier molecular flexibility index (Phi) is 15.4. The van der Waals surface area contributed by atoms with Crippen molar-refractivity contribution in [2.45, 2.75) is 168 Å². The molecule has 49 heavy (non-hydrogen) atoms. The topological polar surface area (TPSA) is 36.9 Å². The van der Waals surface area contributed by atoms with Gasteiger partial charge in [-0.25, -0.2) is 8.78 Å². The van der Waals surface area contributed by atoms with Gasteiger partial charge < -0.3 is 18.9 Å². The first-order chi connectivity index (χ1) is 23.9. The zero-order valence-corrected chi connectivity index (χ0v) is 30.9. The smallest absolute Gasteiger partial charge is 0.187 e. The van der Waals surface area contributed by atoms with E-state index in [0.29, 0.717) is 29.9 Å². The van der Waals surface area contributed by atoms with Gasteiger partial charge >= 0.3 is 0 Å². The number of unbranched alkanes of at least 4 members (excludes halogenated alkanes) is 9. The van der Waals surface area contributed by atoms with Crippen molar-refractivity contribution >= 4 is 0 Å². The minimum Gasteiger partial charge on any atom is -0.352 e. The van der Waals surface area contributed by atoms with Crippen molar-refractivity contribution < 1.29 is 27.7 Å². The molecule has 2 aromatic carbocycles. The summed E-state index contributed by atoms with van der Waals surface area (Å²) < 4.78 is 55.6. The van der Waals surface area contributed by atoms with Gasteiger partial charge in [0, 0.05) is 28.9 Å². The summed E-state index contributed by atoms with van der Waals surface area (Å²) in [4.78, 5) is 0. The normalized spacial score (nSPS) is 29.3. The van der Waals surface area contributed by atoms with Crippen LogP contribution in [0.1, 0.15) is 160 Å². The molecule has 6 heteroatoms. The molecule has 0 N–H and O–H groups in total. The second-order valence-electron chi connectivity index (χ2n) is 15.4. The summed E-state index contributed by atoms with van der Waals surface area (Å²) in [6, 6.07) is 11.3. The van der Waals surface area contributed by atoms with E-state index >= 15 is 8.78 Å². The molecule has 2 saturated heterocycles. The van der Waals surface area contributed by atoms with E-state index in [1.807, 2.05) is 19.1 Å². The van der Waals surface area contributed by atoms with Crippen molar-refractivity contribution in [2.75, 3.05) is 13.2 Å². The monoisotopic (exact) mass is 682 g/mol. The maximum atomic E-state index is 15.5. The Morgan fingerprint density at radius 2 is 1.18 bits per heavy atom. The summed E-state index contributed by atoms with van der Waals surface area (Å²) in [5, 5.41) is 0. The van der Waals surface area contributed by atoms with E-state index in [1.54, 1.807) is 12.1 Å². The zero-order chi connectivity index (χ0) is 34.6. The molecule has 1 saturated carbocycles. The Bertz CT molecular complexity index is 1240. The number of halogens is 2. The fraction of sp³-hybridized carbons (Fsp3) is 0.721. The third-order valence-electron chi connectivity index (χ3n) is 11.8. The highest BCUT2D eigenvalue weighted by atomic mass is 19.2. The van der Waals surface area contributed by atoms with Crippen LogP contribution < -0.4 is 0 Å². The first-order valence-corrected chi connectivity index (χ1v) is 20.0. The van der Waals surface area contributed by atoms with Crippen LogP contribution in [0.15, 0.2) is 36.4 Å². The highest BCUT2D eigenvalue weighted by Crippen LogP contribution is 2.41. The molecule has 4 nitrogen and oxygen atoms in total. The summed E-state index contributed by atoms with van der Waals surface area (Å²) in [6.07, 6.45) is 19.9. The highest BCUT2D eigenvalue weighted by Gasteiger charge is 2.36. The lowest BCUT2D eigenvalue weighted by Gasteiger charge is -2.40. The van der Waals surface area contributed by atoms with Crippen LogP contribution in [0, 0.1) is 29.4 Å². The molecule has 2 aliphatic heterocycles. The molecule has 6 atom stereocenters. The molecule has 0 bridgehead atoms. The van der Waals surface area contributed by atoms with Crippen molar-refractivity contribution in [2.24, 2.45) is 17.8 Å². The van der Waals surface area contributed by atoms with Crippen molar-refractivity contribution in [1.29, 1.82) is 0 Å². The first-order valence-electron chi connectivity index (χ1n) is 20.0. The lowest BCUT2D eigenvalue weighted by molar-refractivity contribution is -0.257. The minimum absolute atomic E-state index is 0.0620. The molecule has 0 aromatic heterocycles. The Morgan fingerprint density at radius 1 is 0.612 bits per heavy atom. The van der Waals surface area contributed by atoms with Crippen LogP contribution in [0.3, 0.4) is 0 Å². The lowest BCUT2D eigenvalue weighted by Crippen LogP contribution is -2.42. The largest absolute Gasteiger partial charge is 0.352 e. The molecule has 2 aromatic rings. The molecule has 274 valence electrons. The Morgan fingerprint density at radius 3 is 1.78 bits per heavy atom. The fourth-order valence-corrected chi connectivity index (χ4v) is 8.28. The van der Waals surface area contributed by atoms with Crippen molar-refractivity contribution in [3.8, 4) is 11.1 Å². The summed E-state index contributed by atoms with van der Waals surface area (Å²) in [6.45, 7) is 10.1. The van der Waals surface area contributed by atoms with Crippen LogP contribution in [0.4, 0.5) is 8.78 Å². The Balaban J connectivity index is 1.07. The second-order valence-corrected chi connectivity index (χ2v) is 15.4. The average Bonchev–Trinajstić information content (AvgIpc) is 3.12. The van der Waals surface area contributed by atoms with Gasteiger partial charge in [-0.05, 0) is 69.4 Å². The first kappa shape index (κ1) is 38.4. The molecule has 3 aliphatic rings. The van der Waals surface area contributed by atoms with Gasteiger partial charge in [-0.15, -0.1) is 0 Å². The van der Waals surface area contributed by atoms with E-state index in [0.717, 1.165) is 45.1 Å². The molecular weight excluding hydrogens is 618 g/mol. The van der Waals surface area contributed by atoms with Crippen molar-refractivity contribution in [3.63, 3.8) is 0 Å². The van der Waals surface area contributed by atoms with Crippen LogP contribution in [0.5, 0.6) is 0 Å². The third-order valence-corrected chi connectivity index (χ3v) is 11.8. The van der Waals surface area contributed by atoms with Crippen LogP contribution in [0.25, 0.3) is 11.1 Å². The molecule has 0 radical (unpaired) electrons. The number of benzene rings is 2. The lowest BCUT2D eigenvalue weighted by atomic mass is 9.78. The van der Waals surface area contributed by atoms with Crippen LogP contribution in [-0.2, 0) is 18.9 Å². The maximum absolute atomic E-state index is 15.5. The summed E-state index contributed by atoms with van der Waals surface area (Å²) in [5.41, 5.74) is 2.34.